The number of nitrogens with zero attached hydrogens (tertiary/aromatic N) is 2. The molecule has 2 aromatic rings. The molecule has 2 aromatic carbocycles. The van der Waals surface area contributed by atoms with Crippen LogP contribution < -0.4 is 0 Å². The van der Waals surface area contributed by atoms with Crippen molar-refractivity contribution in [1.29, 1.82) is 0 Å². The Morgan fingerprint density at radius 3 is 0.618 bits per heavy atom. The number of hydrogen-bond donors (Lipinski definition) is 0. The molecule has 1 aliphatic heterocycles. The van der Waals surface area contributed by atoms with Gasteiger partial charge in [-0.2, -0.15) is 0 Å². The minimum Gasteiger partial charge on any atom is -0.0654 e. The molecule has 0 bridgehead atoms. The van der Waals surface area contributed by atoms with Gasteiger partial charge in [-0.25, -0.2) is 4.70 Å². The molecule has 0 N–H and O–H groups in total. The Labute approximate surface area is 701 Å². The van der Waals surface area contributed by atoms with E-state index in [1.165, 1.54) is 533 Å². The third-order valence-electron chi connectivity index (χ3n) is 25.1. The van der Waals surface area contributed by atoms with Crippen LogP contribution in [0.2, 0.25) is 9.79 Å². The molecule has 2 nitrogen and oxygen atoms in total. The molecule has 3 heteroatoms. The molecule has 0 amide bonds. The minimum atomic E-state index is 1.01. The van der Waals surface area contributed by atoms with Crippen LogP contribution in [0.1, 0.15) is 583 Å². The van der Waals surface area contributed by atoms with Gasteiger partial charge in [0.25, 0.3) is 0 Å². The maximum atomic E-state index is 12.5. The molecule has 0 unspecified atom stereocenters. The second-order valence-electron chi connectivity index (χ2n) is 35.7. The van der Waals surface area contributed by atoms with Crippen molar-refractivity contribution in [2.45, 2.75) is 585 Å². The number of hydrogen-bond acceptors (Lipinski definition) is 0. The molecule has 3 rings (SSSR count). The normalized spacial score (nSPS) is 12.5. The molecule has 110 heavy (non-hydrogen) atoms. The number of benzene rings is 2. The average molecular weight is 1620 g/mol. The number of rotatable bonds is 85. The van der Waals surface area contributed by atoms with Crippen molar-refractivity contribution >= 4 is 11.4 Å². The van der Waals surface area contributed by atoms with E-state index in [1.807, 2.05) is 0 Å². The predicted octanol–water partition coefficient (Wildman–Crippen LogP) is 39.1. The molecule has 0 spiro atoms. The van der Waals surface area contributed by atoms with E-state index in [1.54, 1.807) is 14.5 Å². The third kappa shape index (κ3) is 61.5. The van der Waals surface area contributed by atoms with Crippen molar-refractivity contribution in [3.63, 3.8) is 0 Å². The van der Waals surface area contributed by atoms with Crippen LogP contribution in [0.4, 0.5) is 0 Å². The van der Waals surface area contributed by atoms with Crippen molar-refractivity contribution in [2.24, 2.45) is 0 Å². The van der Waals surface area contributed by atoms with Gasteiger partial charge < -0.3 is 5.53 Å². The number of aryl methyl sites for hydroxylation is 4. The van der Waals surface area contributed by atoms with Gasteiger partial charge in [0.15, 0.2) is 0 Å². The summed E-state index contributed by atoms with van der Waals surface area (Å²) in [5, 5.41) is 0. The third-order valence-corrected chi connectivity index (χ3v) is 27.3. The first kappa shape index (κ1) is 104. The van der Waals surface area contributed by atoms with E-state index in [2.05, 4.69) is 91.8 Å². The average Bonchev–Trinajstić information content (AvgIpc) is 1.61. The van der Waals surface area contributed by atoms with Gasteiger partial charge in [-0.1, -0.05) is 388 Å². The van der Waals surface area contributed by atoms with E-state index >= 15 is 0 Å². The predicted molar refractivity (Wildman–Crippen MR) is 496 cm³/mol. The Hall–Kier alpha value is -1.82. The summed E-state index contributed by atoms with van der Waals surface area (Å²) in [7, 11) is 0. The summed E-state index contributed by atoms with van der Waals surface area (Å²) >= 11 is 1.06. The molecule has 0 atom stereocenters. The minimum absolute atomic E-state index is 1.01. The first-order valence-electron chi connectivity index (χ1n) is 51.0. The fourth-order valence-electron chi connectivity index (χ4n) is 17.5. The van der Waals surface area contributed by atoms with Crippen LogP contribution in [0.15, 0.2) is 47.5 Å². The summed E-state index contributed by atoms with van der Waals surface area (Å²) in [6.45, 7) is 18.4. The van der Waals surface area contributed by atoms with Gasteiger partial charge in [0.1, 0.15) is 0 Å². The van der Waals surface area contributed by atoms with Gasteiger partial charge in [-0.15, -0.1) is 0 Å². The Morgan fingerprint density at radius 1 is 0.209 bits per heavy atom. The zero-order chi connectivity index (χ0) is 79.0. The van der Waals surface area contributed by atoms with Crippen molar-refractivity contribution in [3.8, 4) is 0 Å². The van der Waals surface area contributed by atoms with E-state index in [0.717, 1.165) is 61.5 Å². The smallest absolute Gasteiger partial charge is 0.0654 e. The van der Waals surface area contributed by atoms with Gasteiger partial charge in [-0.3, -0.25) is 0 Å². The molecule has 0 saturated carbocycles. The van der Waals surface area contributed by atoms with Crippen LogP contribution >= 0.6 is 0 Å². The van der Waals surface area contributed by atoms with Gasteiger partial charge in [0.2, 0.25) is 11.4 Å². The molecule has 1 heterocycles. The van der Waals surface area contributed by atoms with Crippen LogP contribution in [0.25, 0.3) is 16.9 Å². The number of unbranched alkanes of at least 4 members (excludes halogenated alkanes) is 71. The molecule has 644 valence electrons. The maximum absolute atomic E-state index is 12.5. The summed E-state index contributed by atoms with van der Waals surface area (Å²) in [4.78, 5) is 3.09. The summed E-state index contributed by atoms with van der Waals surface area (Å²) in [6, 6.07) is 14.5. The first-order valence-corrected chi connectivity index (χ1v) is 53.2. The number of allylic oxidation sites excluding steroid dienone is 2. The van der Waals surface area contributed by atoms with Gasteiger partial charge >= 0.3 is 169 Å². The van der Waals surface area contributed by atoms with Crippen LogP contribution in [0.3, 0.4) is 0 Å². The topological polar surface area (TPSA) is 25.3 Å². The molecule has 0 radical (unpaired) electrons. The summed E-state index contributed by atoms with van der Waals surface area (Å²) in [5.41, 5.74) is 25.2. The fraction of sp³-hybridized carbons (Fsp3) is 0.850. The Balaban J connectivity index is 0.00000128. The van der Waals surface area contributed by atoms with E-state index in [-0.39, 0.29) is 0 Å². The molecular formula is C107H196N2Pd. The zero-order valence-electron chi connectivity index (χ0n) is 76.4. The van der Waals surface area contributed by atoms with Crippen molar-refractivity contribution in [2.75, 3.05) is 0 Å². The van der Waals surface area contributed by atoms with Crippen LogP contribution in [0.5, 0.6) is 0 Å². The van der Waals surface area contributed by atoms with Crippen LogP contribution in [-0.4, -0.2) is 4.70 Å². The zero-order valence-corrected chi connectivity index (χ0v) is 77.9. The molecule has 0 fully saturated rings. The van der Waals surface area contributed by atoms with Gasteiger partial charge in [0.05, 0.1) is 0 Å². The van der Waals surface area contributed by atoms with Crippen molar-refractivity contribution < 1.29 is 22.7 Å². The van der Waals surface area contributed by atoms with Gasteiger partial charge in [-0.05, 0) is 105 Å². The molecule has 0 aliphatic carbocycles. The summed E-state index contributed by atoms with van der Waals surface area (Å²) in [5.74, 6) is 0. The second-order valence-corrected chi connectivity index (χ2v) is 38.1. The summed E-state index contributed by atoms with van der Waals surface area (Å²) in [6.07, 6.45) is 114. The molecule has 1 aliphatic rings. The monoisotopic (exact) mass is 1620 g/mol. The SMILES string of the molecule is CCCCCCCCCCCCCCCCCCCCCCCCCCCc1cc(CC)cc(C2=C(C)C(CCCCCC)=C(c3cc(CC)cc(CCCCCCCCCCCCCCCCCCCCCCCCCCC)c3)[N+]2=[N-])c1.CCCCCCCCCCCC[CH2][Pd][CH2]CCCCCCCCCCCC. The second kappa shape index (κ2) is 82.3. The van der Waals surface area contributed by atoms with E-state index in [0.29, 0.717) is 0 Å². The van der Waals surface area contributed by atoms with E-state index < -0.39 is 0 Å². The van der Waals surface area contributed by atoms with Crippen LogP contribution in [0, 0.1) is 0 Å². The Kier molecular flexibility index (Phi) is 78.0. The molecule has 0 aromatic heterocycles. The Bertz CT molecular complexity index is 2310. The van der Waals surface area contributed by atoms with E-state index in [4.69, 9.17) is 0 Å². The van der Waals surface area contributed by atoms with Crippen LogP contribution in [-0.2, 0) is 43.7 Å². The van der Waals surface area contributed by atoms with Gasteiger partial charge in [0, 0.05) is 22.3 Å². The quantitative estimate of drug-likeness (QED) is 0.0358. The summed E-state index contributed by atoms with van der Waals surface area (Å²) < 4.78 is 1.63. The molecular weight excluding hydrogens is 1420 g/mol. The molecule has 0 saturated heterocycles. The Morgan fingerprint density at radius 2 is 0.391 bits per heavy atom. The first-order chi connectivity index (χ1) is 54.4. The van der Waals surface area contributed by atoms with E-state index in [9.17, 15) is 5.53 Å². The van der Waals surface area contributed by atoms with Crippen molar-refractivity contribution in [3.05, 3.63) is 86.5 Å². The van der Waals surface area contributed by atoms with Crippen molar-refractivity contribution in [1.82, 2.24) is 0 Å². The fourth-order valence-corrected chi connectivity index (χ4v) is 19.5. The standard InChI is InChI=1S/C81H142N2.2C13H27.Pd/c1-7-12-15-18-20-22-24-26-28-30-32-34-36-38-40-42-44-46-48-50-52-54-56-58-60-63-75-66-73(10-4)68-77(70-75)80-72(6)79(65-62-17-14-9-3)81(83(80)82)78-69-74(11-5)67-76(71-78)64-61-59-57-55-53-51-49-47-45-43-41-39-37-35-33-31-29-27-25-23-21-19-16-13-8-2;2*1-3-5-7-9-11-13-12-10-8-6-4-2;/h66-71H,7-65H2,1-6H3;2*1,3-13H2,2H3;.